The van der Waals surface area contributed by atoms with Crippen LogP contribution in [0.5, 0.6) is 0 Å². The molecule has 2 aromatic carbocycles. The first-order valence-corrected chi connectivity index (χ1v) is 9.82. The second-order valence-corrected chi connectivity index (χ2v) is 9.20. The topological polar surface area (TPSA) is 129 Å². The molecule has 2 rings (SSSR count). The zero-order chi connectivity index (χ0) is 20.4. The van der Waals surface area contributed by atoms with E-state index in [-0.39, 0.29) is 16.9 Å². The number of halogens is 1. The summed E-state index contributed by atoms with van der Waals surface area (Å²) in [5, 5.41) is 16.2. The van der Waals surface area contributed by atoms with E-state index in [0.717, 1.165) is 0 Å². The molecule has 7 nitrogen and oxygen atoms in total. The van der Waals surface area contributed by atoms with Crippen LogP contribution < -0.4 is 10.9 Å². The summed E-state index contributed by atoms with van der Waals surface area (Å²) in [4.78, 5) is 10.4. The van der Waals surface area contributed by atoms with Gasteiger partial charge in [0.15, 0.2) is 0 Å². The summed E-state index contributed by atoms with van der Waals surface area (Å²) in [5.74, 6) is -0.516. The minimum absolute atomic E-state index is 0.0123. The van der Waals surface area contributed by atoms with E-state index >= 15 is 0 Å². The van der Waals surface area contributed by atoms with Crippen LogP contribution in [-0.4, -0.2) is 18.1 Å². The number of hydrogen-bond donors (Lipinski definition) is 2. The van der Waals surface area contributed by atoms with Crippen LogP contribution in [0.25, 0.3) is 11.1 Å². The van der Waals surface area contributed by atoms with Crippen molar-refractivity contribution in [1.29, 1.82) is 0 Å². The van der Waals surface area contributed by atoms with Crippen molar-refractivity contribution < 1.29 is 17.7 Å². The fourth-order valence-corrected chi connectivity index (χ4v) is 3.11. The minimum atomic E-state index is -3.66. The van der Waals surface area contributed by atoms with Gasteiger partial charge in [0.05, 0.1) is 9.67 Å². The molecular weight excluding hydrogens is 373 g/mol. The molecule has 0 aliphatic carbocycles. The van der Waals surface area contributed by atoms with Gasteiger partial charge in [0, 0.05) is 11.6 Å². The quantitative estimate of drug-likeness (QED) is 0.422. The fraction of sp³-hybridized carbons (Fsp3) is 0.333. The lowest BCUT2D eigenvalue weighted by molar-refractivity contribution is -0.383. The number of nitrogens with zero attached hydrogens (tertiary/aromatic N) is 1. The number of primary sulfonamides is 1. The van der Waals surface area contributed by atoms with E-state index in [1.54, 1.807) is 26.0 Å². The number of anilines is 1. The summed E-state index contributed by atoms with van der Waals surface area (Å²) < 4.78 is 36.5. The van der Waals surface area contributed by atoms with Crippen molar-refractivity contribution in [2.75, 3.05) is 5.73 Å². The van der Waals surface area contributed by atoms with E-state index in [1.807, 2.05) is 0 Å². The number of nitro groups is 1. The van der Waals surface area contributed by atoms with Crippen LogP contribution in [-0.2, 0) is 16.4 Å². The van der Waals surface area contributed by atoms with E-state index in [1.165, 1.54) is 24.3 Å². The van der Waals surface area contributed by atoms with Gasteiger partial charge in [-0.05, 0) is 56.4 Å². The van der Waals surface area contributed by atoms with E-state index in [0.29, 0.717) is 30.4 Å². The average molecular weight is 395 g/mol. The lowest BCUT2D eigenvalue weighted by Crippen LogP contribution is -2.37. The Balaban J connectivity index is 2.17. The van der Waals surface area contributed by atoms with Crippen molar-refractivity contribution in [3.8, 4) is 11.1 Å². The van der Waals surface area contributed by atoms with Gasteiger partial charge in [0.25, 0.3) is 5.69 Å². The second kappa shape index (κ2) is 7.61. The molecule has 0 aliphatic heterocycles. The predicted octanol–water partition coefficient (Wildman–Crippen LogP) is 3.37. The molecule has 0 bridgehead atoms. The molecule has 9 heteroatoms. The highest BCUT2D eigenvalue weighted by Crippen LogP contribution is 2.31. The Labute approximate surface area is 157 Å². The van der Waals surface area contributed by atoms with Gasteiger partial charge in [-0.25, -0.2) is 17.9 Å². The van der Waals surface area contributed by atoms with E-state index in [2.05, 4.69) is 0 Å². The number of nitrogen functional groups attached to an aromatic ring is 1. The number of benzene rings is 2. The van der Waals surface area contributed by atoms with Gasteiger partial charge in [0.1, 0.15) is 11.5 Å². The van der Waals surface area contributed by atoms with Crippen LogP contribution >= 0.6 is 0 Å². The number of rotatable bonds is 7. The lowest BCUT2D eigenvalue weighted by atomic mass is 9.98. The number of hydrogen-bond acceptors (Lipinski definition) is 5. The summed E-state index contributed by atoms with van der Waals surface area (Å²) in [5.41, 5.74) is 6.59. The largest absolute Gasteiger partial charge is 0.393 e. The molecule has 2 aromatic rings. The normalized spacial score (nSPS) is 12.1. The molecular formula is C18H22FN3O4S. The Hall–Kier alpha value is -2.52. The zero-order valence-electron chi connectivity index (χ0n) is 15.1. The first kappa shape index (κ1) is 20.8. The molecule has 0 unspecified atom stereocenters. The monoisotopic (exact) mass is 395 g/mol. The van der Waals surface area contributed by atoms with Gasteiger partial charge in [-0.3, -0.25) is 10.1 Å². The molecule has 0 spiro atoms. The van der Waals surface area contributed by atoms with E-state index in [9.17, 15) is 22.9 Å². The molecule has 0 saturated carbocycles. The first-order chi connectivity index (χ1) is 12.4. The Kier molecular flexibility index (Phi) is 5.86. The van der Waals surface area contributed by atoms with E-state index < -0.39 is 25.5 Å². The smallest absolute Gasteiger partial charge is 0.292 e. The first-order valence-electron chi connectivity index (χ1n) is 8.27. The third kappa shape index (κ3) is 4.81. The molecule has 0 aromatic heterocycles. The Morgan fingerprint density at radius 2 is 1.85 bits per heavy atom. The van der Waals surface area contributed by atoms with Gasteiger partial charge >= 0.3 is 0 Å². The van der Waals surface area contributed by atoms with Gasteiger partial charge in [-0.2, -0.15) is 0 Å². The molecule has 0 saturated heterocycles. The summed E-state index contributed by atoms with van der Waals surface area (Å²) in [7, 11) is -3.66. The van der Waals surface area contributed by atoms with Gasteiger partial charge in [-0.15, -0.1) is 0 Å². The van der Waals surface area contributed by atoms with Crippen LogP contribution in [0, 0.1) is 15.9 Å². The number of sulfonamides is 1. The highest BCUT2D eigenvalue weighted by Gasteiger charge is 2.30. The molecule has 0 fully saturated rings. The van der Waals surface area contributed by atoms with Crippen LogP contribution in [0.15, 0.2) is 36.4 Å². The van der Waals surface area contributed by atoms with Crippen molar-refractivity contribution in [2.24, 2.45) is 5.14 Å². The second-order valence-electron chi connectivity index (χ2n) is 7.00. The van der Waals surface area contributed by atoms with Crippen molar-refractivity contribution in [3.05, 3.63) is 57.9 Å². The molecule has 27 heavy (non-hydrogen) atoms. The lowest BCUT2D eigenvalue weighted by Gasteiger charge is -2.21. The standard InChI is InChI=1S/C18H22FN3O4S/c1-18(2,27(21,25)26)9-3-4-12-5-7-14(15(19)10-12)13-6-8-16(20)17(11-13)22(23)24/h5-8,10-11H,3-4,9,20H2,1-2H3,(H2,21,25,26). The molecule has 0 heterocycles. The molecule has 0 aliphatic rings. The molecule has 0 amide bonds. The molecule has 4 N–H and O–H groups in total. The Morgan fingerprint density at radius 1 is 1.19 bits per heavy atom. The fourth-order valence-electron chi connectivity index (χ4n) is 2.68. The third-order valence-corrected chi connectivity index (χ3v) is 6.33. The van der Waals surface area contributed by atoms with Gasteiger partial charge < -0.3 is 5.73 Å². The molecule has 146 valence electrons. The van der Waals surface area contributed by atoms with Gasteiger partial charge in [-0.1, -0.05) is 18.2 Å². The van der Waals surface area contributed by atoms with Gasteiger partial charge in [0.2, 0.25) is 10.0 Å². The average Bonchev–Trinajstić information content (AvgIpc) is 2.54. The maximum Gasteiger partial charge on any atom is 0.292 e. The van der Waals surface area contributed by atoms with Crippen LogP contribution in [0.4, 0.5) is 15.8 Å². The Bertz CT molecular complexity index is 975. The van der Waals surface area contributed by atoms with Crippen LogP contribution in [0.2, 0.25) is 0 Å². The maximum absolute atomic E-state index is 14.5. The number of nitro benzene ring substituents is 1. The molecule has 0 atom stereocenters. The van der Waals surface area contributed by atoms with E-state index in [4.69, 9.17) is 10.9 Å². The highest BCUT2D eigenvalue weighted by molar-refractivity contribution is 7.90. The van der Waals surface area contributed by atoms with Crippen molar-refractivity contribution in [2.45, 2.75) is 37.9 Å². The summed E-state index contributed by atoms with van der Waals surface area (Å²) >= 11 is 0. The predicted molar refractivity (Wildman–Crippen MR) is 103 cm³/mol. The SMILES string of the molecule is CC(C)(CCCc1ccc(-c2ccc(N)c([N+](=O)[O-])c2)c(F)c1)S(N)(=O)=O. The van der Waals surface area contributed by atoms with Crippen LogP contribution in [0.1, 0.15) is 32.3 Å². The minimum Gasteiger partial charge on any atom is -0.393 e. The highest BCUT2D eigenvalue weighted by atomic mass is 32.2. The van der Waals surface area contributed by atoms with Crippen LogP contribution in [0.3, 0.4) is 0 Å². The summed E-state index contributed by atoms with van der Waals surface area (Å²) in [6, 6.07) is 8.74. The summed E-state index contributed by atoms with van der Waals surface area (Å²) in [6.07, 6.45) is 1.35. The van der Waals surface area contributed by atoms with Crippen molar-refractivity contribution >= 4 is 21.4 Å². The Morgan fingerprint density at radius 3 is 2.41 bits per heavy atom. The summed E-state index contributed by atoms with van der Waals surface area (Å²) in [6.45, 7) is 3.11. The number of aryl methyl sites for hydroxylation is 1. The van der Waals surface area contributed by atoms with Crippen molar-refractivity contribution in [1.82, 2.24) is 0 Å². The van der Waals surface area contributed by atoms with Crippen molar-refractivity contribution in [3.63, 3.8) is 0 Å². The number of nitrogens with two attached hydrogens (primary N) is 2. The third-order valence-electron chi connectivity index (χ3n) is 4.59. The maximum atomic E-state index is 14.5. The zero-order valence-corrected chi connectivity index (χ0v) is 15.9. The molecule has 0 radical (unpaired) electrons.